The molecule has 0 N–H and O–H groups in total. The third-order valence-corrected chi connectivity index (χ3v) is 5.63. The van der Waals surface area contributed by atoms with Gasteiger partial charge in [0.15, 0.2) is 0 Å². The van der Waals surface area contributed by atoms with Crippen LogP contribution in [0.1, 0.15) is 51.9 Å². The lowest BCUT2D eigenvalue weighted by molar-refractivity contribution is -0.145. The number of rotatable bonds is 36. The lowest BCUT2D eigenvalue weighted by Crippen LogP contribution is -2.15. The number of methoxy groups -OCH3 is 1. The molecule has 256 valence electrons. The molecule has 0 atom stereocenters. The molecule has 0 heterocycles. The summed E-state index contributed by atoms with van der Waals surface area (Å²) in [6, 6.07) is 0. The van der Waals surface area contributed by atoms with Gasteiger partial charge in [-0.05, 0) is 6.42 Å². The Bertz CT molecular complexity index is 580. The summed E-state index contributed by atoms with van der Waals surface area (Å²) in [5, 5.41) is 0. The van der Waals surface area contributed by atoms with E-state index in [0.29, 0.717) is 125 Å². The van der Waals surface area contributed by atoms with Gasteiger partial charge in [0.1, 0.15) is 6.61 Å². The second-order valence-electron chi connectivity index (χ2n) is 9.22. The third-order valence-electron chi connectivity index (χ3n) is 5.63. The first-order chi connectivity index (χ1) is 21.2. The zero-order valence-corrected chi connectivity index (χ0v) is 26.7. The molecule has 0 unspecified atom stereocenters. The van der Waals surface area contributed by atoms with E-state index in [1.807, 2.05) is 0 Å². The Hall–Kier alpha value is -1.42. The Kier molecular flexibility index (Phi) is 35.6. The van der Waals surface area contributed by atoms with Crippen LogP contribution in [0.2, 0.25) is 0 Å². The molecule has 0 aromatic heterocycles. The predicted octanol–water partition coefficient (Wildman–Crippen LogP) is 2.60. The maximum Gasteiger partial charge on any atom is 0.307 e. The van der Waals surface area contributed by atoms with Gasteiger partial charge in [-0.2, -0.15) is 0 Å². The van der Waals surface area contributed by atoms with Gasteiger partial charge in [0.25, 0.3) is 0 Å². The minimum absolute atomic E-state index is 0.150. The number of carbonyl (C=O) groups is 2. The van der Waals surface area contributed by atoms with Crippen LogP contribution >= 0.6 is 0 Å². The number of esters is 2. The fourth-order valence-electron chi connectivity index (χ4n) is 3.28. The van der Waals surface area contributed by atoms with E-state index in [-0.39, 0.29) is 25.0 Å². The van der Waals surface area contributed by atoms with Crippen molar-refractivity contribution >= 4 is 11.9 Å². The van der Waals surface area contributed by atoms with Gasteiger partial charge < -0.3 is 52.1 Å². The molecule has 13 nitrogen and oxygen atoms in total. The molecule has 0 rings (SSSR count). The van der Waals surface area contributed by atoms with Gasteiger partial charge in [-0.15, -0.1) is 0 Å². The number of unbranched alkanes of at least 4 members (excludes halogenated alkanes) is 4. The summed E-state index contributed by atoms with van der Waals surface area (Å²) in [5.74, 6) is -0.437. The molecule has 0 aromatic carbocycles. The largest absolute Gasteiger partial charge is 0.469 e. The van der Waals surface area contributed by atoms with Crippen LogP contribution in [0.3, 0.4) is 0 Å². The molecular formula is C30H58O13. The molecule has 0 radical (unpaired) electrons. The van der Waals surface area contributed by atoms with Crippen LogP contribution < -0.4 is 0 Å². The maximum atomic E-state index is 11.6. The molecule has 0 spiro atoms. The second kappa shape index (κ2) is 36.8. The van der Waals surface area contributed by atoms with Crippen molar-refractivity contribution in [3.8, 4) is 0 Å². The molecule has 0 aliphatic rings. The summed E-state index contributed by atoms with van der Waals surface area (Å²) in [6.45, 7) is 10.8. The summed E-state index contributed by atoms with van der Waals surface area (Å²) in [7, 11) is 1.35. The summed E-state index contributed by atoms with van der Waals surface area (Å²) in [5.41, 5.74) is 0. The molecule has 43 heavy (non-hydrogen) atoms. The first kappa shape index (κ1) is 41.6. The van der Waals surface area contributed by atoms with E-state index >= 15 is 0 Å². The summed E-state index contributed by atoms with van der Waals surface area (Å²) >= 11 is 0. The normalized spacial score (nSPS) is 11.2. The lowest BCUT2D eigenvalue weighted by atomic mass is 10.1. The molecule has 0 saturated carbocycles. The Labute approximate surface area is 258 Å². The van der Waals surface area contributed by atoms with Crippen molar-refractivity contribution in [3.63, 3.8) is 0 Å². The van der Waals surface area contributed by atoms with Crippen LogP contribution in [0.5, 0.6) is 0 Å². The predicted molar refractivity (Wildman–Crippen MR) is 158 cm³/mol. The van der Waals surface area contributed by atoms with Gasteiger partial charge in [0.2, 0.25) is 0 Å². The van der Waals surface area contributed by atoms with Gasteiger partial charge in [-0.3, -0.25) is 9.59 Å². The smallest absolute Gasteiger partial charge is 0.307 e. The highest BCUT2D eigenvalue weighted by molar-refractivity contribution is 5.69. The highest BCUT2D eigenvalue weighted by Crippen LogP contribution is 2.05. The van der Waals surface area contributed by atoms with Crippen molar-refractivity contribution < 1.29 is 61.7 Å². The molecule has 0 bridgehead atoms. The molecule has 0 aromatic rings. The van der Waals surface area contributed by atoms with E-state index in [2.05, 4.69) is 11.7 Å². The molecule has 0 amide bonds. The third kappa shape index (κ3) is 36.7. The first-order valence-corrected chi connectivity index (χ1v) is 15.6. The van der Waals surface area contributed by atoms with E-state index in [9.17, 15) is 9.59 Å². The van der Waals surface area contributed by atoms with Crippen LogP contribution in [-0.4, -0.2) is 145 Å². The van der Waals surface area contributed by atoms with Crippen LogP contribution in [0.15, 0.2) is 0 Å². The standard InChI is InChI=1S/C30H58O13/c1-3-4-5-6-7-8-30(32)43-28-27-42-26-25-41-24-23-40-22-21-39-20-19-38-18-17-37-16-15-36-14-13-35-12-11-34-10-9-29(31)33-2/h3-28H2,1-2H3. The molecular weight excluding hydrogens is 568 g/mol. The van der Waals surface area contributed by atoms with Gasteiger partial charge in [0.05, 0.1) is 132 Å². The summed E-state index contributed by atoms with van der Waals surface area (Å²) < 4.78 is 58.3. The fourth-order valence-corrected chi connectivity index (χ4v) is 3.28. The number of carbonyl (C=O) groups excluding carboxylic acids is 2. The first-order valence-electron chi connectivity index (χ1n) is 15.6. The Morgan fingerprint density at radius 2 is 0.698 bits per heavy atom. The second-order valence-corrected chi connectivity index (χ2v) is 9.22. The minimum Gasteiger partial charge on any atom is -0.469 e. The van der Waals surface area contributed by atoms with Crippen molar-refractivity contribution in [3.05, 3.63) is 0 Å². The van der Waals surface area contributed by atoms with Crippen molar-refractivity contribution in [2.75, 3.05) is 133 Å². The quantitative estimate of drug-likeness (QED) is 0.0745. The average Bonchev–Trinajstić information content (AvgIpc) is 3.01. The Balaban J connectivity index is 3.10. The van der Waals surface area contributed by atoms with Gasteiger partial charge in [-0.25, -0.2) is 0 Å². The van der Waals surface area contributed by atoms with E-state index < -0.39 is 0 Å². The zero-order chi connectivity index (χ0) is 31.3. The van der Waals surface area contributed by atoms with Crippen molar-refractivity contribution in [2.24, 2.45) is 0 Å². The Morgan fingerprint density at radius 3 is 1.05 bits per heavy atom. The van der Waals surface area contributed by atoms with Crippen LogP contribution in [0.4, 0.5) is 0 Å². The Morgan fingerprint density at radius 1 is 0.372 bits per heavy atom. The van der Waals surface area contributed by atoms with Gasteiger partial charge in [-0.1, -0.05) is 32.6 Å². The van der Waals surface area contributed by atoms with Crippen LogP contribution in [-0.2, 0) is 61.7 Å². The van der Waals surface area contributed by atoms with Crippen molar-refractivity contribution in [2.45, 2.75) is 51.9 Å². The summed E-state index contributed by atoms with van der Waals surface area (Å²) in [4.78, 5) is 22.5. The maximum absolute atomic E-state index is 11.6. The fraction of sp³-hybridized carbons (Fsp3) is 0.933. The van der Waals surface area contributed by atoms with E-state index in [1.54, 1.807) is 0 Å². The number of ether oxygens (including phenoxy) is 11. The highest BCUT2D eigenvalue weighted by Gasteiger charge is 2.03. The zero-order valence-electron chi connectivity index (χ0n) is 26.7. The minimum atomic E-state index is -0.287. The summed E-state index contributed by atoms with van der Waals surface area (Å²) in [6.07, 6.45) is 6.30. The van der Waals surface area contributed by atoms with Crippen LogP contribution in [0, 0.1) is 0 Å². The number of hydrogen-bond acceptors (Lipinski definition) is 13. The molecule has 0 saturated heterocycles. The lowest BCUT2D eigenvalue weighted by Gasteiger charge is -2.09. The van der Waals surface area contributed by atoms with E-state index in [0.717, 1.165) is 12.8 Å². The molecule has 0 aliphatic carbocycles. The highest BCUT2D eigenvalue weighted by atomic mass is 16.6. The molecule has 13 heteroatoms. The monoisotopic (exact) mass is 626 g/mol. The average molecular weight is 627 g/mol. The van der Waals surface area contributed by atoms with Crippen molar-refractivity contribution in [1.29, 1.82) is 0 Å². The SMILES string of the molecule is CCCCCCCC(=O)OCCOCCOCCOCCOCCOCCOCCOCCOCCOCCC(=O)OC. The van der Waals surface area contributed by atoms with E-state index in [4.69, 9.17) is 47.4 Å². The van der Waals surface area contributed by atoms with E-state index in [1.165, 1.54) is 26.4 Å². The number of hydrogen-bond donors (Lipinski definition) is 0. The van der Waals surface area contributed by atoms with Gasteiger partial charge >= 0.3 is 11.9 Å². The van der Waals surface area contributed by atoms with Gasteiger partial charge in [0, 0.05) is 6.42 Å². The van der Waals surface area contributed by atoms with Crippen molar-refractivity contribution in [1.82, 2.24) is 0 Å². The van der Waals surface area contributed by atoms with Crippen LogP contribution in [0.25, 0.3) is 0 Å². The molecule has 0 aliphatic heterocycles. The molecule has 0 fully saturated rings. The topological polar surface area (TPSA) is 136 Å².